The van der Waals surface area contributed by atoms with E-state index in [1.165, 1.54) is 0 Å². The average molecular weight is 285 g/mol. The minimum absolute atomic E-state index is 0.0630. The Labute approximate surface area is 127 Å². The molecule has 3 nitrogen and oxygen atoms in total. The molecule has 0 atom stereocenters. The lowest BCUT2D eigenvalue weighted by atomic mass is 9.93. The highest BCUT2D eigenvalue weighted by Crippen LogP contribution is 2.30. The van der Waals surface area contributed by atoms with Crippen molar-refractivity contribution in [2.24, 2.45) is 5.41 Å². The molecule has 0 radical (unpaired) electrons. The third-order valence-electron chi connectivity index (χ3n) is 3.90. The standard InChI is InChI=1S/C18H23NO2/c1-14-7-8-15(6-4-5-11-20)12-16(14)17(21)19-10-9-18(2,3)13-19/h7-8,12,20H,5,9-11,13H2,1-3H3. The molecule has 1 saturated heterocycles. The molecule has 1 heterocycles. The summed E-state index contributed by atoms with van der Waals surface area (Å²) in [6.07, 6.45) is 1.51. The van der Waals surface area contributed by atoms with Crippen molar-refractivity contribution in [2.45, 2.75) is 33.6 Å². The van der Waals surface area contributed by atoms with E-state index in [0.29, 0.717) is 6.42 Å². The van der Waals surface area contributed by atoms with Gasteiger partial charge in [-0.05, 0) is 36.5 Å². The van der Waals surface area contributed by atoms with E-state index in [9.17, 15) is 4.79 Å². The van der Waals surface area contributed by atoms with Crippen molar-refractivity contribution in [3.63, 3.8) is 0 Å². The van der Waals surface area contributed by atoms with Gasteiger partial charge in [-0.2, -0.15) is 0 Å². The van der Waals surface area contributed by atoms with Gasteiger partial charge in [0.05, 0.1) is 6.61 Å². The fourth-order valence-corrected chi connectivity index (χ4v) is 2.61. The summed E-state index contributed by atoms with van der Waals surface area (Å²) in [6.45, 7) is 8.05. The first-order chi connectivity index (χ1) is 9.93. The van der Waals surface area contributed by atoms with Crippen LogP contribution in [0, 0.1) is 24.2 Å². The molecule has 0 aromatic heterocycles. The Morgan fingerprint density at radius 2 is 2.19 bits per heavy atom. The number of amides is 1. The van der Waals surface area contributed by atoms with Crippen molar-refractivity contribution < 1.29 is 9.90 Å². The van der Waals surface area contributed by atoms with Crippen molar-refractivity contribution in [3.05, 3.63) is 34.9 Å². The Morgan fingerprint density at radius 3 is 2.81 bits per heavy atom. The predicted molar refractivity (Wildman–Crippen MR) is 84.1 cm³/mol. The minimum Gasteiger partial charge on any atom is -0.395 e. The third-order valence-corrected chi connectivity index (χ3v) is 3.90. The topological polar surface area (TPSA) is 40.5 Å². The second kappa shape index (κ2) is 6.32. The van der Waals surface area contributed by atoms with E-state index in [0.717, 1.165) is 36.2 Å². The number of hydrogen-bond acceptors (Lipinski definition) is 2. The van der Waals surface area contributed by atoms with Crippen LogP contribution in [0.1, 0.15) is 48.2 Å². The number of aryl methyl sites for hydroxylation is 1. The predicted octanol–water partition coefficient (Wildman–Crippen LogP) is 2.60. The Morgan fingerprint density at radius 1 is 1.43 bits per heavy atom. The lowest BCUT2D eigenvalue weighted by Crippen LogP contribution is -2.30. The van der Waals surface area contributed by atoms with Crippen molar-refractivity contribution >= 4 is 5.91 Å². The number of carbonyl (C=O) groups is 1. The fourth-order valence-electron chi connectivity index (χ4n) is 2.61. The molecule has 21 heavy (non-hydrogen) atoms. The summed E-state index contributed by atoms with van der Waals surface area (Å²) in [5.41, 5.74) is 2.76. The van der Waals surface area contributed by atoms with Crippen molar-refractivity contribution in [3.8, 4) is 11.8 Å². The van der Waals surface area contributed by atoms with Gasteiger partial charge in [-0.1, -0.05) is 31.8 Å². The number of carbonyl (C=O) groups excluding carboxylic acids is 1. The van der Waals surface area contributed by atoms with E-state index >= 15 is 0 Å². The number of aliphatic hydroxyl groups excluding tert-OH is 1. The van der Waals surface area contributed by atoms with Crippen LogP contribution < -0.4 is 0 Å². The SMILES string of the molecule is Cc1ccc(C#CCCO)cc1C(=O)N1CCC(C)(C)C1. The van der Waals surface area contributed by atoms with Crippen LogP contribution in [0.2, 0.25) is 0 Å². The van der Waals surface area contributed by atoms with Crippen molar-refractivity contribution in [1.29, 1.82) is 0 Å². The maximum Gasteiger partial charge on any atom is 0.254 e. The summed E-state index contributed by atoms with van der Waals surface area (Å²) in [6, 6.07) is 5.73. The second-order valence-electron chi connectivity index (χ2n) is 6.45. The normalized spacial score (nSPS) is 16.5. The van der Waals surface area contributed by atoms with E-state index in [-0.39, 0.29) is 17.9 Å². The maximum atomic E-state index is 12.7. The van der Waals surface area contributed by atoms with Gasteiger partial charge in [0.1, 0.15) is 0 Å². The third kappa shape index (κ3) is 3.86. The molecule has 0 aliphatic carbocycles. The second-order valence-corrected chi connectivity index (χ2v) is 6.45. The Balaban J connectivity index is 2.21. The maximum absolute atomic E-state index is 12.7. The van der Waals surface area contributed by atoms with E-state index in [1.807, 2.05) is 30.0 Å². The average Bonchev–Trinajstić information content (AvgIpc) is 2.80. The number of likely N-dealkylation sites (tertiary alicyclic amines) is 1. The number of nitrogens with zero attached hydrogens (tertiary/aromatic N) is 1. The zero-order chi connectivity index (χ0) is 15.5. The molecule has 0 saturated carbocycles. The molecular weight excluding hydrogens is 262 g/mol. The van der Waals surface area contributed by atoms with Gasteiger partial charge in [-0.15, -0.1) is 0 Å². The number of hydrogen-bond donors (Lipinski definition) is 1. The van der Waals surface area contributed by atoms with Gasteiger partial charge in [0.2, 0.25) is 0 Å². The monoisotopic (exact) mass is 285 g/mol. The lowest BCUT2D eigenvalue weighted by Gasteiger charge is -2.20. The Kier molecular flexibility index (Phi) is 4.69. The van der Waals surface area contributed by atoms with Crippen LogP contribution in [0.25, 0.3) is 0 Å². The molecule has 1 aliphatic heterocycles. The molecule has 1 fully saturated rings. The number of aliphatic hydroxyl groups is 1. The summed E-state index contributed by atoms with van der Waals surface area (Å²) >= 11 is 0. The summed E-state index contributed by atoms with van der Waals surface area (Å²) in [4.78, 5) is 14.6. The molecule has 3 heteroatoms. The number of benzene rings is 1. The molecular formula is C18H23NO2. The molecule has 2 rings (SSSR count). The van der Waals surface area contributed by atoms with Crippen LogP contribution in [0.5, 0.6) is 0 Å². The van der Waals surface area contributed by atoms with Crippen LogP contribution in [-0.2, 0) is 0 Å². The van der Waals surface area contributed by atoms with E-state index < -0.39 is 0 Å². The van der Waals surface area contributed by atoms with Gasteiger partial charge in [-0.25, -0.2) is 0 Å². The van der Waals surface area contributed by atoms with Gasteiger partial charge >= 0.3 is 0 Å². The summed E-state index contributed by atoms with van der Waals surface area (Å²) < 4.78 is 0. The first kappa shape index (κ1) is 15.6. The zero-order valence-electron chi connectivity index (χ0n) is 13.1. The number of rotatable bonds is 2. The minimum atomic E-state index is 0.0630. The highest BCUT2D eigenvalue weighted by molar-refractivity contribution is 5.96. The van der Waals surface area contributed by atoms with Gasteiger partial charge in [0.15, 0.2) is 0 Å². The molecule has 1 aromatic carbocycles. The molecule has 1 amide bonds. The molecule has 0 spiro atoms. The van der Waals surface area contributed by atoms with Gasteiger partial charge in [-0.3, -0.25) is 4.79 Å². The fraction of sp³-hybridized carbons (Fsp3) is 0.500. The summed E-state index contributed by atoms with van der Waals surface area (Å²) in [7, 11) is 0. The van der Waals surface area contributed by atoms with E-state index in [4.69, 9.17) is 5.11 Å². The lowest BCUT2D eigenvalue weighted by molar-refractivity contribution is 0.0777. The summed E-state index contributed by atoms with van der Waals surface area (Å²) in [5, 5.41) is 8.76. The molecule has 0 unspecified atom stereocenters. The largest absolute Gasteiger partial charge is 0.395 e. The molecule has 1 aromatic rings. The smallest absolute Gasteiger partial charge is 0.254 e. The van der Waals surface area contributed by atoms with Crippen molar-refractivity contribution in [2.75, 3.05) is 19.7 Å². The van der Waals surface area contributed by atoms with E-state index in [2.05, 4.69) is 25.7 Å². The van der Waals surface area contributed by atoms with Crippen molar-refractivity contribution in [1.82, 2.24) is 4.90 Å². The quantitative estimate of drug-likeness (QED) is 0.849. The first-order valence-electron chi connectivity index (χ1n) is 7.43. The van der Waals surface area contributed by atoms with Crippen LogP contribution >= 0.6 is 0 Å². The zero-order valence-corrected chi connectivity index (χ0v) is 13.1. The molecule has 0 bridgehead atoms. The van der Waals surface area contributed by atoms with Gasteiger partial charge in [0, 0.05) is 30.6 Å². The molecule has 112 valence electrons. The Hall–Kier alpha value is -1.79. The van der Waals surface area contributed by atoms with Crippen LogP contribution in [0.4, 0.5) is 0 Å². The highest BCUT2D eigenvalue weighted by Gasteiger charge is 2.32. The first-order valence-corrected chi connectivity index (χ1v) is 7.43. The van der Waals surface area contributed by atoms with Crippen LogP contribution in [-0.4, -0.2) is 35.6 Å². The molecule has 1 aliphatic rings. The van der Waals surface area contributed by atoms with E-state index in [1.54, 1.807) is 0 Å². The highest BCUT2D eigenvalue weighted by atomic mass is 16.2. The summed E-state index contributed by atoms with van der Waals surface area (Å²) in [5.74, 6) is 5.99. The Bertz CT molecular complexity index is 593. The van der Waals surface area contributed by atoms with Crippen LogP contribution in [0.15, 0.2) is 18.2 Å². The van der Waals surface area contributed by atoms with Crippen LogP contribution in [0.3, 0.4) is 0 Å². The van der Waals surface area contributed by atoms with Gasteiger partial charge < -0.3 is 10.0 Å². The molecule has 1 N–H and O–H groups in total. The van der Waals surface area contributed by atoms with Gasteiger partial charge in [0.25, 0.3) is 5.91 Å².